The zero-order valence-electron chi connectivity index (χ0n) is 16.4. The van der Waals surface area contributed by atoms with Crippen LogP contribution in [0.3, 0.4) is 0 Å². The summed E-state index contributed by atoms with van der Waals surface area (Å²) in [6.45, 7) is 4.39. The van der Waals surface area contributed by atoms with Crippen molar-refractivity contribution in [3.05, 3.63) is 69.5 Å². The molecule has 0 unspecified atom stereocenters. The SMILES string of the molecule is O=C(CSc1nc2ccccc2c(=O)n1CCN1CCOCC1)c1ccc(Cl)cc1. The van der Waals surface area contributed by atoms with E-state index in [2.05, 4.69) is 9.88 Å². The summed E-state index contributed by atoms with van der Waals surface area (Å²) >= 11 is 7.20. The number of rotatable bonds is 7. The molecule has 1 saturated heterocycles. The molecule has 156 valence electrons. The van der Waals surface area contributed by atoms with Crippen molar-refractivity contribution in [1.82, 2.24) is 14.5 Å². The molecule has 30 heavy (non-hydrogen) atoms. The maximum atomic E-state index is 13.1. The predicted molar refractivity (Wildman–Crippen MR) is 120 cm³/mol. The van der Waals surface area contributed by atoms with E-state index >= 15 is 0 Å². The van der Waals surface area contributed by atoms with E-state index in [9.17, 15) is 9.59 Å². The smallest absolute Gasteiger partial charge is 0.262 e. The lowest BCUT2D eigenvalue weighted by Crippen LogP contribution is -2.39. The van der Waals surface area contributed by atoms with Gasteiger partial charge in [-0.2, -0.15) is 0 Å². The highest BCUT2D eigenvalue weighted by atomic mass is 35.5. The number of ether oxygens (including phenoxy) is 1. The van der Waals surface area contributed by atoms with Crippen LogP contribution in [0.1, 0.15) is 10.4 Å². The first-order valence-electron chi connectivity index (χ1n) is 9.83. The average molecular weight is 444 g/mol. The number of aromatic nitrogens is 2. The molecule has 0 bridgehead atoms. The van der Waals surface area contributed by atoms with Crippen LogP contribution >= 0.6 is 23.4 Å². The number of hydrogen-bond donors (Lipinski definition) is 0. The van der Waals surface area contributed by atoms with Gasteiger partial charge in [-0.25, -0.2) is 4.98 Å². The molecule has 0 N–H and O–H groups in total. The number of thioether (sulfide) groups is 1. The lowest BCUT2D eigenvalue weighted by Gasteiger charge is -2.27. The van der Waals surface area contributed by atoms with Gasteiger partial charge in [-0.15, -0.1) is 0 Å². The molecule has 8 heteroatoms. The van der Waals surface area contributed by atoms with Crippen molar-refractivity contribution in [2.24, 2.45) is 0 Å². The molecular formula is C22H22ClN3O3S. The van der Waals surface area contributed by atoms with Crippen molar-refractivity contribution in [3.8, 4) is 0 Å². The molecule has 1 aromatic heterocycles. The first-order chi connectivity index (χ1) is 14.6. The highest BCUT2D eigenvalue weighted by molar-refractivity contribution is 7.99. The van der Waals surface area contributed by atoms with E-state index in [-0.39, 0.29) is 17.1 Å². The second-order valence-corrected chi connectivity index (χ2v) is 8.42. The molecule has 0 radical (unpaired) electrons. The Morgan fingerprint density at radius 1 is 1.07 bits per heavy atom. The Balaban J connectivity index is 1.57. The number of carbonyl (C=O) groups excluding carboxylic acids is 1. The van der Waals surface area contributed by atoms with Crippen molar-refractivity contribution in [3.63, 3.8) is 0 Å². The quantitative estimate of drug-likeness (QED) is 0.317. The molecule has 1 fully saturated rings. The van der Waals surface area contributed by atoms with E-state index in [1.807, 2.05) is 18.2 Å². The fourth-order valence-electron chi connectivity index (χ4n) is 3.37. The number of hydrogen-bond acceptors (Lipinski definition) is 6. The van der Waals surface area contributed by atoms with Gasteiger partial charge in [0.05, 0.1) is 29.9 Å². The van der Waals surface area contributed by atoms with Gasteiger partial charge in [0.2, 0.25) is 0 Å². The second-order valence-electron chi connectivity index (χ2n) is 7.04. The van der Waals surface area contributed by atoms with Gasteiger partial charge in [-0.3, -0.25) is 19.1 Å². The number of ketones is 1. The van der Waals surface area contributed by atoms with Crippen LogP contribution < -0.4 is 5.56 Å². The van der Waals surface area contributed by atoms with E-state index in [4.69, 9.17) is 16.3 Å². The molecule has 0 saturated carbocycles. The molecule has 0 amide bonds. The van der Waals surface area contributed by atoms with Crippen molar-refractivity contribution in [2.75, 3.05) is 38.6 Å². The molecule has 0 atom stereocenters. The standard InChI is InChI=1S/C22H22ClN3O3S/c23-17-7-5-16(6-8-17)20(27)15-30-22-24-19-4-2-1-3-18(19)21(28)26(22)10-9-25-11-13-29-14-12-25/h1-8H,9-15H2. The Morgan fingerprint density at radius 3 is 2.57 bits per heavy atom. The van der Waals surface area contributed by atoms with E-state index in [0.29, 0.717) is 46.4 Å². The third-order valence-corrected chi connectivity index (χ3v) is 6.30. The molecule has 2 aromatic carbocycles. The van der Waals surface area contributed by atoms with Crippen molar-refractivity contribution < 1.29 is 9.53 Å². The number of carbonyl (C=O) groups is 1. The maximum Gasteiger partial charge on any atom is 0.262 e. The molecule has 2 heterocycles. The number of fused-ring (bicyclic) bond motifs is 1. The van der Waals surface area contributed by atoms with Crippen LogP contribution in [0, 0.1) is 0 Å². The molecule has 1 aliphatic rings. The highest BCUT2D eigenvalue weighted by Crippen LogP contribution is 2.20. The largest absolute Gasteiger partial charge is 0.379 e. The molecule has 1 aliphatic heterocycles. The van der Waals surface area contributed by atoms with E-state index in [1.54, 1.807) is 34.9 Å². The van der Waals surface area contributed by atoms with Crippen LogP contribution in [0.15, 0.2) is 58.5 Å². The number of morpholine rings is 1. The topological polar surface area (TPSA) is 64.4 Å². The van der Waals surface area contributed by atoms with Gasteiger partial charge >= 0.3 is 0 Å². The number of halogens is 1. The first-order valence-corrected chi connectivity index (χ1v) is 11.2. The fraction of sp³-hybridized carbons (Fsp3) is 0.318. The highest BCUT2D eigenvalue weighted by Gasteiger charge is 2.16. The fourth-order valence-corrected chi connectivity index (χ4v) is 4.42. The van der Waals surface area contributed by atoms with E-state index in [1.165, 1.54) is 11.8 Å². The summed E-state index contributed by atoms with van der Waals surface area (Å²) in [5.74, 6) is 0.169. The minimum atomic E-state index is -0.0738. The summed E-state index contributed by atoms with van der Waals surface area (Å²) < 4.78 is 7.09. The third kappa shape index (κ3) is 4.92. The minimum Gasteiger partial charge on any atom is -0.379 e. The van der Waals surface area contributed by atoms with E-state index < -0.39 is 0 Å². The van der Waals surface area contributed by atoms with Crippen LogP contribution in [-0.2, 0) is 11.3 Å². The lowest BCUT2D eigenvalue weighted by atomic mass is 10.1. The van der Waals surface area contributed by atoms with Crippen LogP contribution in [0.2, 0.25) is 5.02 Å². The normalized spacial score (nSPS) is 14.8. The predicted octanol–water partition coefficient (Wildman–Crippen LogP) is 3.36. The van der Waals surface area contributed by atoms with Gasteiger partial charge in [-0.05, 0) is 36.4 Å². The van der Waals surface area contributed by atoms with Gasteiger partial charge in [0, 0.05) is 36.8 Å². The molecule has 4 rings (SSSR count). The lowest BCUT2D eigenvalue weighted by molar-refractivity contribution is 0.0359. The molecule has 0 spiro atoms. The zero-order valence-corrected chi connectivity index (χ0v) is 18.0. The second kappa shape index (κ2) is 9.75. The molecule has 6 nitrogen and oxygen atoms in total. The van der Waals surface area contributed by atoms with Gasteiger partial charge in [0.1, 0.15) is 0 Å². The minimum absolute atomic E-state index is 0.0289. The summed E-state index contributed by atoms with van der Waals surface area (Å²) in [5.41, 5.74) is 1.16. The van der Waals surface area contributed by atoms with Crippen LogP contribution in [0.4, 0.5) is 0 Å². The van der Waals surface area contributed by atoms with Gasteiger partial charge < -0.3 is 4.74 Å². The molecule has 3 aromatic rings. The Labute approximate surface area is 183 Å². The summed E-state index contributed by atoms with van der Waals surface area (Å²) in [6, 6.07) is 14.2. The maximum absolute atomic E-state index is 13.1. The van der Waals surface area contributed by atoms with E-state index in [0.717, 1.165) is 19.6 Å². The summed E-state index contributed by atoms with van der Waals surface area (Å²) in [7, 11) is 0. The third-order valence-electron chi connectivity index (χ3n) is 5.07. The van der Waals surface area contributed by atoms with Crippen molar-refractivity contribution in [2.45, 2.75) is 11.7 Å². The van der Waals surface area contributed by atoms with Crippen LogP contribution in [0.25, 0.3) is 10.9 Å². The Hall–Kier alpha value is -2.19. The zero-order chi connectivity index (χ0) is 20.9. The van der Waals surface area contributed by atoms with Crippen LogP contribution in [-0.4, -0.2) is 58.8 Å². The summed E-state index contributed by atoms with van der Waals surface area (Å²) in [4.78, 5) is 32.7. The molecular weight excluding hydrogens is 422 g/mol. The van der Waals surface area contributed by atoms with Crippen molar-refractivity contribution in [1.29, 1.82) is 0 Å². The number of benzene rings is 2. The Bertz CT molecular complexity index is 1090. The van der Waals surface area contributed by atoms with Crippen molar-refractivity contribution >= 4 is 40.0 Å². The number of para-hydroxylation sites is 1. The summed E-state index contributed by atoms with van der Waals surface area (Å²) in [6.07, 6.45) is 0. The van der Waals surface area contributed by atoms with Gasteiger partial charge in [-0.1, -0.05) is 35.5 Å². The Kier molecular flexibility index (Phi) is 6.84. The van der Waals surface area contributed by atoms with Gasteiger partial charge in [0.25, 0.3) is 5.56 Å². The number of Topliss-reactive ketones (excluding diaryl/α,β-unsaturated/α-hetero) is 1. The van der Waals surface area contributed by atoms with Crippen LogP contribution in [0.5, 0.6) is 0 Å². The Morgan fingerprint density at radius 2 is 1.80 bits per heavy atom. The first kappa shape index (κ1) is 21.1. The monoisotopic (exact) mass is 443 g/mol. The summed E-state index contributed by atoms with van der Waals surface area (Å²) in [5, 5.41) is 1.74. The average Bonchev–Trinajstić information content (AvgIpc) is 2.78. The molecule has 0 aliphatic carbocycles. The number of nitrogens with zero attached hydrogens (tertiary/aromatic N) is 3. The van der Waals surface area contributed by atoms with Gasteiger partial charge in [0.15, 0.2) is 10.9 Å².